The molecule has 1 saturated carbocycles. The van der Waals surface area contributed by atoms with Crippen LogP contribution in [0.1, 0.15) is 13.8 Å². The van der Waals surface area contributed by atoms with E-state index in [0.717, 1.165) is 0 Å². The van der Waals surface area contributed by atoms with Gasteiger partial charge in [0.15, 0.2) is 0 Å². The van der Waals surface area contributed by atoms with Gasteiger partial charge in [-0.3, -0.25) is 0 Å². The molecule has 0 spiro atoms. The Hall–Kier alpha value is 0.580. The molecule has 0 aromatic carbocycles. The van der Waals surface area contributed by atoms with Crippen LogP contribution in [0.4, 0.5) is 0 Å². The van der Waals surface area contributed by atoms with Crippen LogP contribution in [-0.2, 0) is 0 Å². The number of alkyl halides is 2. The normalized spacial score (nSPS) is 52.3. The highest BCUT2D eigenvalue weighted by Crippen LogP contribution is 2.54. The van der Waals surface area contributed by atoms with Crippen molar-refractivity contribution in [1.82, 2.24) is 0 Å². The van der Waals surface area contributed by atoms with Gasteiger partial charge >= 0.3 is 0 Å². The standard InChI is InChI=1S/C5H7Cl2/c1-3-4(6)5(3,2)7/h4H,1-2H3. The van der Waals surface area contributed by atoms with E-state index in [1.54, 1.807) is 0 Å². The van der Waals surface area contributed by atoms with Crippen molar-refractivity contribution in [3.05, 3.63) is 5.92 Å². The lowest BCUT2D eigenvalue weighted by molar-refractivity contribution is 1.04. The van der Waals surface area contributed by atoms with Gasteiger partial charge in [0.25, 0.3) is 0 Å². The lowest BCUT2D eigenvalue weighted by Crippen LogP contribution is -1.91. The van der Waals surface area contributed by atoms with E-state index in [1.807, 2.05) is 13.8 Å². The smallest absolute Gasteiger partial charge is 0.0662 e. The Morgan fingerprint density at radius 1 is 1.71 bits per heavy atom. The molecule has 0 nitrogen and oxygen atoms in total. The van der Waals surface area contributed by atoms with E-state index in [2.05, 4.69) is 0 Å². The molecule has 1 radical (unpaired) electrons. The minimum absolute atomic E-state index is 0.120. The summed E-state index contributed by atoms with van der Waals surface area (Å²) < 4.78 is 0. The molecule has 0 aromatic heterocycles. The highest BCUT2D eigenvalue weighted by molar-refractivity contribution is 6.40. The van der Waals surface area contributed by atoms with Crippen molar-refractivity contribution >= 4 is 23.2 Å². The third-order valence-electron chi connectivity index (χ3n) is 1.54. The Morgan fingerprint density at radius 3 is 1.86 bits per heavy atom. The number of hydrogen-bond donors (Lipinski definition) is 0. The molecule has 41 valence electrons. The first-order valence-electron chi connectivity index (χ1n) is 2.23. The summed E-state index contributed by atoms with van der Waals surface area (Å²) in [4.78, 5) is -0.179. The first kappa shape index (κ1) is 5.71. The van der Waals surface area contributed by atoms with Gasteiger partial charge in [0.2, 0.25) is 0 Å². The first-order chi connectivity index (χ1) is 3.07. The second-order valence-electron chi connectivity index (χ2n) is 2.12. The van der Waals surface area contributed by atoms with E-state index in [4.69, 9.17) is 23.2 Å². The molecule has 0 aromatic rings. The highest BCUT2D eigenvalue weighted by Gasteiger charge is 2.57. The molecule has 0 amide bonds. The van der Waals surface area contributed by atoms with E-state index in [0.29, 0.717) is 0 Å². The maximum absolute atomic E-state index is 5.77. The zero-order chi connectivity index (χ0) is 5.65. The van der Waals surface area contributed by atoms with Crippen LogP contribution in [0, 0.1) is 5.92 Å². The molecule has 2 atom stereocenters. The van der Waals surface area contributed by atoms with E-state index >= 15 is 0 Å². The molecule has 7 heavy (non-hydrogen) atoms. The molecule has 0 N–H and O–H groups in total. The van der Waals surface area contributed by atoms with Gasteiger partial charge in [-0.25, -0.2) is 0 Å². The summed E-state index contributed by atoms with van der Waals surface area (Å²) in [7, 11) is 0. The van der Waals surface area contributed by atoms with E-state index < -0.39 is 0 Å². The fourth-order valence-electron chi connectivity index (χ4n) is 0.532. The van der Waals surface area contributed by atoms with E-state index in [-0.39, 0.29) is 10.3 Å². The molecule has 1 aliphatic carbocycles. The molecule has 1 aliphatic rings. The van der Waals surface area contributed by atoms with Gasteiger partial charge in [0, 0.05) is 5.92 Å². The maximum atomic E-state index is 5.77. The first-order valence-corrected chi connectivity index (χ1v) is 3.05. The van der Waals surface area contributed by atoms with Crippen molar-refractivity contribution in [2.75, 3.05) is 0 Å². The van der Waals surface area contributed by atoms with Crippen LogP contribution in [0.3, 0.4) is 0 Å². The Morgan fingerprint density at radius 2 is 1.86 bits per heavy atom. The van der Waals surface area contributed by atoms with Crippen molar-refractivity contribution in [2.24, 2.45) is 0 Å². The quantitative estimate of drug-likeness (QED) is 0.450. The molecule has 2 unspecified atom stereocenters. The number of hydrogen-bond acceptors (Lipinski definition) is 0. The molecule has 0 bridgehead atoms. The lowest BCUT2D eigenvalue weighted by Gasteiger charge is -1.89. The van der Waals surface area contributed by atoms with Crippen molar-refractivity contribution in [1.29, 1.82) is 0 Å². The van der Waals surface area contributed by atoms with Gasteiger partial charge in [-0.1, -0.05) is 6.92 Å². The number of halogens is 2. The van der Waals surface area contributed by atoms with Crippen LogP contribution in [0.25, 0.3) is 0 Å². The van der Waals surface area contributed by atoms with Gasteiger partial charge in [0.1, 0.15) is 0 Å². The Bertz CT molecular complexity index is 78.1. The van der Waals surface area contributed by atoms with Crippen molar-refractivity contribution in [3.63, 3.8) is 0 Å². The predicted octanol–water partition coefficient (Wildman–Crippen LogP) is 2.20. The fourth-order valence-corrected chi connectivity index (χ4v) is 1.14. The molecule has 0 saturated heterocycles. The van der Waals surface area contributed by atoms with Crippen LogP contribution in [0.2, 0.25) is 0 Å². The van der Waals surface area contributed by atoms with Gasteiger partial charge in [-0.05, 0) is 6.92 Å². The fraction of sp³-hybridized carbons (Fsp3) is 0.800. The van der Waals surface area contributed by atoms with Crippen LogP contribution >= 0.6 is 23.2 Å². The summed E-state index contributed by atoms with van der Waals surface area (Å²) in [5, 5.41) is 0.120. The molecule has 2 heteroatoms. The average Bonchev–Trinajstić information content (AvgIpc) is 1.91. The average molecular weight is 138 g/mol. The van der Waals surface area contributed by atoms with Gasteiger partial charge < -0.3 is 0 Å². The monoisotopic (exact) mass is 137 g/mol. The van der Waals surface area contributed by atoms with Crippen molar-refractivity contribution in [2.45, 2.75) is 24.1 Å². The van der Waals surface area contributed by atoms with E-state index in [9.17, 15) is 0 Å². The summed E-state index contributed by atoms with van der Waals surface area (Å²) >= 11 is 11.4. The predicted molar refractivity (Wildman–Crippen MR) is 32.8 cm³/mol. The summed E-state index contributed by atoms with van der Waals surface area (Å²) in [6.07, 6.45) is 0. The summed E-state index contributed by atoms with van der Waals surface area (Å²) in [5.74, 6) is 1.19. The molecular weight excluding hydrogens is 131 g/mol. The summed E-state index contributed by atoms with van der Waals surface area (Å²) in [5.41, 5.74) is 0. The van der Waals surface area contributed by atoms with Crippen LogP contribution in [0.15, 0.2) is 0 Å². The maximum Gasteiger partial charge on any atom is 0.0662 e. The zero-order valence-electron chi connectivity index (χ0n) is 4.33. The molecular formula is C5H7Cl2. The Labute approximate surface area is 53.8 Å². The van der Waals surface area contributed by atoms with Crippen molar-refractivity contribution < 1.29 is 0 Å². The largest absolute Gasteiger partial charge is 0.120 e. The minimum atomic E-state index is -0.179. The Balaban J connectivity index is 2.52. The van der Waals surface area contributed by atoms with Crippen LogP contribution < -0.4 is 0 Å². The van der Waals surface area contributed by atoms with Gasteiger partial charge in [0.05, 0.1) is 10.3 Å². The zero-order valence-corrected chi connectivity index (χ0v) is 5.85. The molecule has 1 fully saturated rings. The molecule has 1 rings (SSSR count). The van der Waals surface area contributed by atoms with Gasteiger partial charge in [-0.15, -0.1) is 23.2 Å². The second kappa shape index (κ2) is 1.29. The minimum Gasteiger partial charge on any atom is -0.120 e. The SMILES string of the molecule is C[C]1C(Cl)C1(C)Cl. The van der Waals surface area contributed by atoms with Crippen LogP contribution in [-0.4, -0.2) is 10.3 Å². The summed E-state index contributed by atoms with van der Waals surface area (Å²) in [6.45, 7) is 3.91. The lowest BCUT2D eigenvalue weighted by atomic mass is 10.4. The molecule has 0 aliphatic heterocycles. The van der Waals surface area contributed by atoms with E-state index in [1.165, 1.54) is 5.92 Å². The van der Waals surface area contributed by atoms with Crippen LogP contribution in [0.5, 0.6) is 0 Å². The van der Waals surface area contributed by atoms with Gasteiger partial charge in [-0.2, -0.15) is 0 Å². The second-order valence-corrected chi connectivity index (χ2v) is 3.34. The Kier molecular flexibility index (Phi) is 1.06. The topological polar surface area (TPSA) is 0 Å². The number of rotatable bonds is 0. The molecule has 0 heterocycles. The highest BCUT2D eigenvalue weighted by atomic mass is 35.5. The summed E-state index contributed by atoms with van der Waals surface area (Å²) in [6, 6.07) is 0. The third kappa shape index (κ3) is 0.649. The van der Waals surface area contributed by atoms with Crippen molar-refractivity contribution in [3.8, 4) is 0 Å². The third-order valence-corrected chi connectivity index (χ3v) is 2.94.